The van der Waals surface area contributed by atoms with Crippen molar-refractivity contribution in [2.24, 2.45) is 5.92 Å². The average molecular weight is 559 g/mol. The molecule has 2 aromatic carbocycles. The Morgan fingerprint density at radius 1 is 1.03 bits per heavy atom. The van der Waals surface area contributed by atoms with Gasteiger partial charge in [0.15, 0.2) is 0 Å². The number of carbonyl (C=O) groups is 2. The number of hydrogen-bond acceptors (Lipinski definition) is 5. The van der Waals surface area contributed by atoms with Gasteiger partial charge in [-0.05, 0) is 56.2 Å². The number of amides is 2. The number of hydrogen-bond donors (Lipinski definition) is 1. The molecule has 36 heavy (non-hydrogen) atoms. The fourth-order valence-corrected chi connectivity index (χ4v) is 4.74. The molecule has 0 aliphatic carbocycles. The highest BCUT2D eigenvalue weighted by Gasteiger charge is 2.31. The van der Waals surface area contributed by atoms with E-state index in [1.807, 2.05) is 20.8 Å². The number of nitrogens with one attached hydrogen (secondary N) is 1. The van der Waals surface area contributed by atoms with Crippen molar-refractivity contribution in [1.82, 2.24) is 10.2 Å². The van der Waals surface area contributed by atoms with Crippen LogP contribution in [0.1, 0.15) is 33.3 Å². The lowest BCUT2D eigenvalue weighted by Crippen LogP contribution is -2.51. The molecule has 1 N–H and O–H groups in total. The van der Waals surface area contributed by atoms with E-state index in [2.05, 4.69) is 5.32 Å². The Kier molecular flexibility index (Phi) is 10.9. The molecule has 2 amide bonds. The van der Waals surface area contributed by atoms with Crippen LogP contribution in [-0.4, -0.2) is 57.1 Å². The maximum absolute atomic E-state index is 13.6. The van der Waals surface area contributed by atoms with Crippen molar-refractivity contribution >= 4 is 50.7 Å². The van der Waals surface area contributed by atoms with Gasteiger partial charge in [-0.2, -0.15) is 0 Å². The third-order valence-corrected chi connectivity index (χ3v) is 7.21. The van der Waals surface area contributed by atoms with Crippen molar-refractivity contribution in [3.05, 3.63) is 58.1 Å². The molecule has 8 nitrogen and oxygen atoms in total. The average Bonchev–Trinajstić information content (AvgIpc) is 2.80. The van der Waals surface area contributed by atoms with E-state index < -0.39 is 28.5 Å². The smallest absolute Gasteiger partial charge is 0.244 e. The van der Waals surface area contributed by atoms with Crippen molar-refractivity contribution in [1.29, 1.82) is 0 Å². The summed E-state index contributed by atoms with van der Waals surface area (Å²) in [5.41, 5.74) is 0.756. The van der Waals surface area contributed by atoms with E-state index in [4.69, 9.17) is 27.9 Å². The molecule has 0 bridgehead atoms. The first-order chi connectivity index (χ1) is 16.8. The lowest BCUT2D eigenvalue weighted by Gasteiger charge is -2.32. The third kappa shape index (κ3) is 8.28. The summed E-state index contributed by atoms with van der Waals surface area (Å²) in [4.78, 5) is 27.8. The van der Waals surface area contributed by atoms with E-state index in [-0.39, 0.29) is 18.4 Å². The van der Waals surface area contributed by atoms with Gasteiger partial charge in [-0.1, -0.05) is 43.1 Å². The van der Waals surface area contributed by atoms with Crippen molar-refractivity contribution in [3.63, 3.8) is 0 Å². The van der Waals surface area contributed by atoms with Crippen LogP contribution in [0, 0.1) is 5.92 Å². The molecule has 1 atom stereocenters. The fraction of sp³-hybridized carbons (Fsp3) is 0.440. The Morgan fingerprint density at radius 3 is 2.11 bits per heavy atom. The van der Waals surface area contributed by atoms with Gasteiger partial charge in [0.25, 0.3) is 0 Å². The van der Waals surface area contributed by atoms with Crippen LogP contribution in [0.25, 0.3) is 0 Å². The number of benzene rings is 2. The summed E-state index contributed by atoms with van der Waals surface area (Å²) < 4.78 is 31.7. The summed E-state index contributed by atoms with van der Waals surface area (Å²) in [6.07, 6.45) is 1.02. The summed E-state index contributed by atoms with van der Waals surface area (Å²) >= 11 is 12.7. The standard InChI is InChI=1S/C25H33Cl2N3O5S/c1-6-35-20-12-10-19(11-13-20)30(36(5,33)34)16-24(31)29(18(4)25(32)28-14-17(2)3)15-21-22(26)8-7-9-23(21)27/h7-13,17-18H,6,14-16H2,1-5H3,(H,28,32). The van der Waals surface area contributed by atoms with E-state index in [0.717, 1.165) is 10.6 Å². The quantitative estimate of drug-likeness (QED) is 0.418. The Morgan fingerprint density at radius 2 is 1.61 bits per heavy atom. The number of carbonyl (C=O) groups excluding carboxylic acids is 2. The molecule has 2 aromatic rings. The number of halogens is 2. The number of sulfonamides is 1. The summed E-state index contributed by atoms with van der Waals surface area (Å²) in [6, 6.07) is 10.4. The van der Waals surface area contributed by atoms with Crippen LogP contribution >= 0.6 is 23.2 Å². The fourth-order valence-electron chi connectivity index (χ4n) is 3.38. The van der Waals surface area contributed by atoms with Gasteiger partial charge in [-0.25, -0.2) is 8.42 Å². The Labute approximate surface area is 223 Å². The Bertz CT molecular complexity index is 1140. The maximum atomic E-state index is 13.6. The van der Waals surface area contributed by atoms with Gasteiger partial charge in [0.05, 0.1) is 18.6 Å². The van der Waals surface area contributed by atoms with Gasteiger partial charge < -0.3 is 15.0 Å². The zero-order valence-electron chi connectivity index (χ0n) is 21.1. The van der Waals surface area contributed by atoms with Crippen LogP contribution < -0.4 is 14.4 Å². The first kappa shape index (κ1) is 29.7. The van der Waals surface area contributed by atoms with Gasteiger partial charge in [-0.3, -0.25) is 13.9 Å². The molecule has 0 spiro atoms. The van der Waals surface area contributed by atoms with Crippen LogP contribution in [0.3, 0.4) is 0 Å². The van der Waals surface area contributed by atoms with Crippen LogP contribution in [0.4, 0.5) is 5.69 Å². The number of nitrogens with zero attached hydrogens (tertiary/aromatic N) is 2. The van der Waals surface area contributed by atoms with Gasteiger partial charge >= 0.3 is 0 Å². The monoisotopic (exact) mass is 557 g/mol. The maximum Gasteiger partial charge on any atom is 0.244 e. The molecule has 2 rings (SSSR count). The summed E-state index contributed by atoms with van der Waals surface area (Å²) in [5, 5.41) is 3.49. The van der Waals surface area contributed by atoms with E-state index in [1.165, 1.54) is 4.90 Å². The Hall–Kier alpha value is -2.49. The van der Waals surface area contributed by atoms with Crippen LogP contribution in [0.5, 0.6) is 5.75 Å². The lowest BCUT2D eigenvalue weighted by molar-refractivity contribution is -0.139. The highest BCUT2D eigenvalue weighted by molar-refractivity contribution is 7.92. The molecule has 1 unspecified atom stereocenters. The molecule has 0 aliphatic heterocycles. The highest BCUT2D eigenvalue weighted by atomic mass is 35.5. The first-order valence-electron chi connectivity index (χ1n) is 11.6. The molecular weight excluding hydrogens is 525 g/mol. The molecule has 0 heterocycles. The largest absolute Gasteiger partial charge is 0.494 e. The molecular formula is C25H33Cl2N3O5S. The zero-order valence-corrected chi connectivity index (χ0v) is 23.5. The van der Waals surface area contributed by atoms with Gasteiger partial charge in [0.1, 0.15) is 18.3 Å². The normalized spacial score (nSPS) is 12.2. The van der Waals surface area contributed by atoms with Crippen molar-refractivity contribution < 1.29 is 22.7 Å². The van der Waals surface area contributed by atoms with Crippen molar-refractivity contribution in [2.75, 3.05) is 30.3 Å². The number of ether oxygens (including phenoxy) is 1. The van der Waals surface area contributed by atoms with Crippen molar-refractivity contribution in [2.45, 2.75) is 40.3 Å². The molecule has 11 heteroatoms. The van der Waals surface area contributed by atoms with Gasteiger partial charge in [0.2, 0.25) is 21.8 Å². The lowest BCUT2D eigenvalue weighted by atomic mass is 10.1. The van der Waals surface area contributed by atoms with Gasteiger partial charge in [0, 0.05) is 28.7 Å². The zero-order chi connectivity index (χ0) is 27.0. The second-order valence-corrected chi connectivity index (χ2v) is 11.5. The van der Waals surface area contributed by atoms with Crippen LogP contribution in [0.15, 0.2) is 42.5 Å². The first-order valence-corrected chi connectivity index (χ1v) is 14.2. The van der Waals surface area contributed by atoms with E-state index in [1.54, 1.807) is 49.4 Å². The minimum absolute atomic E-state index is 0.0749. The predicted molar refractivity (Wildman–Crippen MR) is 144 cm³/mol. The van der Waals surface area contributed by atoms with E-state index in [9.17, 15) is 18.0 Å². The van der Waals surface area contributed by atoms with E-state index >= 15 is 0 Å². The van der Waals surface area contributed by atoms with Crippen LogP contribution in [0.2, 0.25) is 10.0 Å². The van der Waals surface area contributed by atoms with E-state index in [0.29, 0.717) is 40.2 Å². The van der Waals surface area contributed by atoms with Crippen LogP contribution in [-0.2, 0) is 26.2 Å². The second kappa shape index (κ2) is 13.2. The molecule has 0 fully saturated rings. The molecule has 0 saturated heterocycles. The molecule has 0 radical (unpaired) electrons. The predicted octanol–water partition coefficient (Wildman–Crippen LogP) is 4.35. The molecule has 0 saturated carbocycles. The number of anilines is 1. The minimum atomic E-state index is -3.84. The molecule has 198 valence electrons. The molecule has 0 aliphatic rings. The topological polar surface area (TPSA) is 96.0 Å². The van der Waals surface area contributed by atoms with Crippen molar-refractivity contribution in [3.8, 4) is 5.75 Å². The SMILES string of the molecule is CCOc1ccc(N(CC(=O)N(Cc2c(Cl)cccc2Cl)C(C)C(=O)NCC(C)C)S(C)(=O)=O)cc1. The molecule has 0 aromatic heterocycles. The number of rotatable bonds is 12. The third-order valence-electron chi connectivity index (χ3n) is 5.36. The summed E-state index contributed by atoms with van der Waals surface area (Å²) in [7, 11) is -3.84. The highest BCUT2D eigenvalue weighted by Crippen LogP contribution is 2.27. The summed E-state index contributed by atoms with van der Waals surface area (Å²) in [5.74, 6) is -0.167. The van der Waals surface area contributed by atoms with Gasteiger partial charge in [-0.15, -0.1) is 0 Å². The second-order valence-electron chi connectivity index (χ2n) is 8.73. The Balaban J connectivity index is 2.41. The summed E-state index contributed by atoms with van der Waals surface area (Å²) in [6.45, 7) is 7.64. The minimum Gasteiger partial charge on any atom is -0.494 e.